The number of benzene rings is 2. The Hall–Kier alpha value is -4.87. The molecule has 1 aliphatic rings. The fourth-order valence-corrected chi connectivity index (χ4v) is 3.69. The molecule has 0 radical (unpaired) electrons. The van der Waals surface area contributed by atoms with Gasteiger partial charge in [0.2, 0.25) is 5.75 Å². The van der Waals surface area contributed by atoms with Gasteiger partial charge in [0.15, 0.2) is 17.3 Å². The van der Waals surface area contributed by atoms with E-state index in [4.69, 9.17) is 25.4 Å². The minimum atomic E-state index is -0.624. The number of hydrogen-bond donors (Lipinski definition) is 4. The molecule has 3 heterocycles. The number of amidine groups is 1. The number of aromatic amines is 1. The molecule has 2 aromatic carbocycles. The molecule has 1 aliphatic heterocycles. The van der Waals surface area contributed by atoms with Gasteiger partial charge in [-0.25, -0.2) is 14.8 Å². The molecule has 0 saturated carbocycles. The minimum Gasteiger partial charge on any atom is -0.493 e. The Kier molecular flexibility index (Phi) is 5.75. The number of aromatic nitrogens is 5. The largest absolute Gasteiger partial charge is 0.493 e. The average molecular weight is 474 g/mol. The van der Waals surface area contributed by atoms with Crippen LogP contribution >= 0.6 is 0 Å². The van der Waals surface area contributed by atoms with E-state index in [9.17, 15) is 4.79 Å². The Bertz CT molecular complexity index is 1400. The zero-order valence-corrected chi connectivity index (χ0v) is 18.7. The molecule has 12 nitrogen and oxygen atoms in total. The number of nitrogen functional groups attached to an aromatic ring is 1. The third-order valence-electron chi connectivity index (χ3n) is 5.34. The van der Waals surface area contributed by atoms with E-state index < -0.39 is 11.7 Å². The predicted molar refractivity (Wildman–Crippen MR) is 127 cm³/mol. The van der Waals surface area contributed by atoms with E-state index >= 15 is 0 Å². The fraction of sp³-hybridized carbons (Fsp3) is 0.174. The molecule has 0 bridgehead atoms. The molecule has 35 heavy (non-hydrogen) atoms. The number of anilines is 1. The third kappa shape index (κ3) is 4.36. The van der Waals surface area contributed by atoms with Crippen molar-refractivity contribution in [1.82, 2.24) is 24.7 Å². The summed E-state index contributed by atoms with van der Waals surface area (Å²) in [5, 5.41) is 15.4. The van der Waals surface area contributed by atoms with E-state index in [1.54, 1.807) is 43.5 Å². The van der Waals surface area contributed by atoms with Crippen LogP contribution in [0.5, 0.6) is 17.2 Å². The Balaban J connectivity index is 1.60. The molecule has 5 N–H and O–H groups in total. The maximum atomic E-state index is 12.7. The first-order valence-electron chi connectivity index (χ1n) is 10.7. The predicted octanol–water partition coefficient (Wildman–Crippen LogP) is 1.62. The van der Waals surface area contributed by atoms with E-state index in [1.807, 2.05) is 6.07 Å². The standard InChI is InChI=1S/C23H22N8O4/c1-33-16-11-14(12-17-19(16)35-10-9-34-17)18(28-15-5-3-13(4-6-15)20(24)25)21-29-23(32)31(30-21)22-26-7-2-8-27-22/h2-8,11-12,18,28H,9-10H2,1H3,(H3,24,25)(H,29,30,32)/t18-/m0/s1. The summed E-state index contributed by atoms with van der Waals surface area (Å²) in [5.74, 6) is 1.96. The van der Waals surface area contributed by atoms with Gasteiger partial charge in [-0.05, 0) is 48.0 Å². The highest BCUT2D eigenvalue weighted by atomic mass is 16.6. The van der Waals surface area contributed by atoms with Crippen LogP contribution in [0.1, 0.15) is 23.0 Å². The van der Waals surface area contributed by atoms with Gasteiger partial charge in [0.1, 0.15) is 25.1 Å². The summed E-state index contributed by atoms with van der Waals surface area (Å²) in [6, 6.07) is 11.7. The smallest absolute Gasteiger partial charge is 0.350 e. The van der Waals surface area contributed by atoms with Gasteiger partial charge in [0.25, 0.3) is 5.95 Å². The van der Waals surface area contributed by atoms with Crippen LogP contribution < -0.4 is 31.0 Å². The van der Waals surface area contributed by atoms with Crippen molar-refractivity contribution in [3.63, 3.8) is 0 Å². The van der Waals surface area contributed by atoms with Crippen LogP contribution in [0.3, 0.4) is 0 Å². The summed E-state index contributed by atoms with van der Waals surface area (Å²) < 4.78 is 18.2. The van der Waals surface area contributed by atoms with Crippen molar-refractivity contribution in [2.24, 2.45) is 5.73 Å². The minimum absolute atomic E-state index is 0.0318. The quantitative estimate of drug-likeness (QED) is 0.230. The fourth-order valence-electron chi connectivity index (χ4n) is 3.69. The van der Waals surface area contributed by atoms with E-state index in [0.29, 0.717) is 53.1 Å². The van der Waals surface area contributed by atoms with E-state index in [1.165, 1.54) is 12.4 Å². The lowest BCUT2D eigenvalue weighted by Gasteiger charge is -2.24. The van der Waals surface area contributed by atoms with Gasteiger partial charge >= 0.3 is 5.69 Å². The molecular weight excluding hydrogens is 452 g/mol. The average Bonchev–Trinajstić information content (AvgIpc) is 3.28. The molecule has 1 atom stereocenters. The number of fused-ring (bicyclic) bond motifs is 1. The summed E-state index contributed by atoms with van der Waals surface area (Å²) in [4.78, 5) is 23.8. The molecule has 0 amide bonds. The summed E-state index contributed by atoms with van der Waals surface area (Å²) >= 11 is 0. The highest BCUT2D eigenvalue weighted by Crippen LogP contribution is 2.42. The third-order valence-corrected chi connectivity index (χ3v) is 5.34. The van der Waals surface area contributed by atoms with Crippen LogP contribution in [-0.2, 0) is 0 Å². The first-order valence-corrected chi connectivity index (χ1v) is 10.7. The zero-order chi connectivity index (χ0) is 24.4. The van der Waals surface area contributed by atoms with Gasteiger partial charge in [0, 0.05) is 23.6 Å². The molecule has 12 heteroatoms. The number of hydrogen-bond acceptors (Lipinski definition) is 9. The first kappa shape index (κ1) is 21.9. The van der Waals surface area contributed by atoms with Crippen molar-refractivity contribution >= 4 is 11.5 Å². The van der Waals surface area contributed by atoms with Crippen LogP contribution in [0.4, 0.5) is 5.69 Å². The molecule has 0 aliphatic carbocycles. The Morgan fingerprint density at radius 1 is 1.20 bits per heavy atom. The van der Waals surface area contributed by atoms with Gasteiger partial charge in [-0.15, -0.1) is 9.78 Å². The Labute approximate surface area is 199 Å². The summed E-state index contributed by atoms with van der Waals surface area (Å²) in [7, 11) is 1.55. The zero-order valence-electron chi connectivity index (χ0n) is 18.7. The lowest BCUT2D eigenvalue weighted by molar-refractivity contribution is 0.165. The first-order chi connectivity index (χ1) is 17.0. The second-order valence-electron chi connectivity index (χ2n) is 7.59. The SMILES string of the molecule is COc1cc([C@H](Nc2ccc(C(=N)N)cc2)c2nn(-c3ncccn3)c(=O)[nH]2)cc2c1OCCO2. The number of nitrogens with zero attached hydrogens (tertiary/aromatic N) is 4. The summed E-state index contributed by atoms with van der Waals surface area (Å²) in [6.45, 7) is 0.822. The molecule has 4 aromatic rings. The highest BCUT2D eigenvalue weighted by molar-refractivity contribution is 5.95. The monoisotopic (exact) mass is 474 g/mol. The molecular formula is C23H22N8O4. The van der Waals surface area contributed by atoms with Crippen molar-refractivity contribution in [1.29, 1.82) is 5.41 Å². The molecule has 0 spiro atoms. The molecule has 0 saturated heterocycles. The lowest BCUT2D eigenvalue weighted by Crippen LogP contribution is -2.19. The highest BCUT2D eigenvalue weighted by Gasteiger charge is 2.26. The Morgan fingerprint density at radius 2 is 1.94 bits per heavy atom. The van der Waals surface area contributed by atoms with Gasteiger partial charge in [-0.1, -0.05) is 0 Å². The molecule has 2 aromatic heterocycles. The van der Waals surface area contributed by atoms with E-state index in [2.05, 4.69) is 25.4 Å². The summed E-state index contributed by atoms with van der Waals surface area (Å²) in [5.41, 5.74) is 7.09. The van der Waals surface area contributed by atoms with Crippen LogP contribution in [0.25, 0.3) is 5.95 Å². The van der Waals surface area contributed by atoms with Crippen LogP contribution in [-0.4, -0.2) is 50.9 Å². The van der Waals surface area contributed by atoms with Gasteiger partial charge in [0.05, 0.1) is 7.11 Å². The maximum absolute atomic E-state index is 12.7. The van der Waals surface area contributed by atoms with Crippen LogP contribution in [0.2, 0.25) is 0 Å². The van der Waals surface area contributed by atoms with Crippen molar-refractivity contribution in [2.75, 3.05) is 25.6 Å². The maximum Gasteiger partial charge on any atom is 0.350 e. The van der Waals surface area contributed by atoms with Crippen molar-refractivity contribution < 1.29 is 14.2 Å². The second-order valence-corrected chi connectivity index (χ2v) is 7.59. The summed E-state index contributed by atoms with van der Waals surface area (Å²) in [6.07, 6.45) is 3.06. The number of ether oxygens (including phenoxy) is 3. The Morgan fingerprint density at radius 3 is 2.66 bits per heavy atom. The normalized spacial score (nSPS) is 13.2. The topological polar surface area (TPSA) is 166 Å². The van der Waals surface area contributed by atoms with Crippen molar-refractivity contribution in [3.8, 4) is 23.2 Å². The van der Waals surface area contributed by atoms with Crippen LogP contribution in [0, 0.1) is 5.41 Å². The van der Waals surface area contributed by atoms with Gasteiger partial charge < -0.3 is 25.3 Å². The number of nitrogens with two attached hydrogens (primary N) is 1. The molecule has 0 unspecified atom stereocenters. The molecule has 178 valence electrons. The van der Waals surface area contributed by atoms with Crippen molar-refractivity contribution in [2.45, 2.75) is 6.04 Å². The van der Waals surface area contributed by atoms with E-state index in [0.717, 1.165) is 4.68 Å². The number of rotatable bonds is 7. The van der Waals surface area contributed by atoms with Gasteiger partial charge in [-0.2, -0.15) is 0 Å². The van der Waals surface area contributed by atoms with Crippen LogP contribution in [0.15, 0.2) is 59.7 Å². The second kappa shape index (κ2) is 9.17. The number of H-pyrrole nitrogens is 1. The molecule has 5 rings (SSSR count). The van der Waals surface area contributed by atoms with Crippen molar-refractivity contribution in [3.05, 3.63) is 82.3 Å². The van der Waals surface area contributed by atoms with E-state index in [-0.39, 0.29) is 11.8 Å². The van der Waals surface area contributed by atoms with Gasteiger partial charge in [-0.3, -0.25) is 10.4 Å². The number of nitrogens with one attached hydrogen (secondary N) is 3. The number of methoxy groups -OCH3 is 1. The molecule has 0 fully saturated rings. The lowest BCUT2D eigenvalue weighted by atomic mass is 10.0.